The first-order valence-electron chi connectivity index (χ1n) is 11.4. The number of hydrogen-bond donors (Lipinski definition) is 1. The van der Waals surface area contributed by atoms with Crippen molar-refractivity contribution in [1.29, 1.82) is 0 Å². The zero-order valence-corrected chi connectivity index (χ0v) is 18.6. The Morgan fingerprint density at radius 1 is 1.07 bits per heavy atom. The lowest BCUT2D eigenvalue weighted by molar-refractivity contribution is 0.0357. The molecule has 1 aliphatic carbocycles. The van der Waals surface area contributed by atoms with Crippen molar-refractivity contribution < 1.29 is 14.3 Å². The van der Waals surface area contributed by atoms with E-state index in [4.69, 9.17) is 9.47 Å². The molecule has 0 aromatic heterocycles. The van der Waals surface area contributed by atoms with Crippen molar-refractivity contribution in [2.24, 2.45) is 5.92 Å². The molecule has 29 heavy (non-hydrogen) atoms. The SMILES string of the molecule is CCCCCCCCOc1ccccc1NC(=O)O[C@H]1CCCC[C@H]1CN(C)C. The Bertz CT molecular complexity index is 591. The molecule has 1 fully saturated rings. The van der Waals surface area contributed by atoms with Crippen molar-refractivity contribution in [3.8, 4) is 5.75 Å². The van der Waals surface area contributed by atoms with Crippen molar-refractivity contribution >= 4 is 11.8 Å². The molecule has 0 aliphatic heterocycles. The number of carbonyl (C=O) groups is 1. The van der Waals surface area contributed by atoms with E-state index in [1.807, 2.05) is 24.3 Å². The highest BCUT2D eigenvalue weighted by Gasteiger charge is 2.29. The van der Waals surface area contributed by atoms with E-state index in [-0.39, 0.29) is 12.2 Å². The Morgan fingerprint density at radius 2 is 1.79 bits per heavy atom. The van der Waals surface area contributed by atoms with Gasteiger partial charge in [0.2, 0.25) is 0 Å². The average molecular weight is 405 g/mol. The summed E-state index contributed by atoms with van der Waals surface area (Å²) in [6.07, 6.45) is 11.4. The van der Waals surface area contributed by atoms with Crippen LogP contribution in [0.25, 0.3) is 0 Å². The van der Waals surface area contributed by atoms with Gasteiger partial charge in [-0.15, -0.1) is 0 Å². The molecule has 5 heteroatoms. The van der Waals surface area contributed by atoms with E-state index >= 15 is 0 Å². The number of ether oxygens (including phenoxy) is 2. The number of carbonyl (C=O) groups excluding carboxylic acids is 1. The molecule has 1 saturated carbocycles. The van der Waals surface area contributed by atoms with Crippen LogP contribution in [0, 0.1) is 5.92 Å². The van der Waals surface area contributed by atoms with Crippen LogP contribution in [0.15, 0.2) is 24.3 Å². The van der Waals surface area contributed by atoms with Crippen LogP contribution in [-0.2, 0) is 4.74 Å². The van der Waals surface area contributed by atoms with E-state index in [1.54, 1.807) is 0 Å². The number of rotatable bonds is 12. The van der Waals surface area contributed by atoms with E-state index in [1.165, 1.54) is 38.5 Å². The van der Waals surface area contributed by atoms with Crippen LogP contribution >= 0.6 is 0 Å². The molecule has 0 unspecified atom stereocenters. The molecule has 2 rings (SSSR count). The molecule has 164 valence electrons. The third kappa shape index (κ3) is 9.07. The van der Waals surface area contributed by atoms with E-state index < -0.39 is 0 Å². The van der Waals surface area contributed by atoms with Crippen LogP contribution in [0.2, 0.25) is 0 Å². The normalized spacial score (nSPS) is 19.2. The Kier molecular flexibility index (Phi) is 10.9. The number of anilines is 1. The molecule has 0 saturated heterocycles. The number of nitrogens with zero attached hydrogens (tertiary/aromatic N) is 1. The predicted octanol–water partition coefficient (Wildman–Crippen LogP) is 6.09. The van der Waals surface area contributed by atoms with Gasteiger partial charge in [0.25, 0.3) is 0 Å². The third-order valence-corrected chi connectivity index (χ3v) is 5.58. The van der Waals surface area contributed by atoms with Gasteiger partial charge in [-0.1, -0.05) is 57.6 Å². The van der Waals surface area contributed by atoms with Gasteiger partial charge in [0.15, 0.2) is 0 Å². The molecule has 5 nitrogen and oxygen atoms in total. The fraction of sp³-hybridized carbons (Fsp3) is 0.708. The largest absolute Gasteiger partial charge is 0.491 e. The van der Waals surface area contributed by atoms with E-state index in [2.05, 4.69) is 31.2 Å². The first-order valence-corrected chi connectivity index (χ1v) is 11.4. The minimum Gasteiger partial charge on any atom is -0.491 e. The number of amides is 1. The van der Waals surface area contributed by atoms with Crippen LogP contribution in [0.3, 0.4) is 0 Å². The maximum atomic E-state index is 12.5. The Balaban J connectivity index is 1.80. The second kappa shape index (κ2) is 13.5. The maximum absolute atomic E-state index is 12.5. The van der Waals surface area contributed by atoms with Crippen LogP contribution in [-0.4, -0.2) is 44.3 Å². The van der Waals surface area contributed by atoms with Gasteiger partial charge in [-0.2, -0.15) is 0 Å². The highest BCUT2D eigenvalue weighted by molar-refractivity contribution is 5.86. The molecule has 0 spiro atoms. The Labute approximate surface area is 177 Å². The average Bonchev–Trinajstić information content (AvgIpc) is 2.69. The highest BCUT2D eigenvalue weighted by atomic mass is 16.6. The summed E-state index contributed by atoms with van der Waals surface area (Å²) in [6.45, 7) is 3.86. The predicted molar refractivity (Wildman–Crippen MR) is 120 cm³/mol. The summed E-state index contributed by atoms with van der Waals surface area (Å²) in [5, 5.41) is 2.90. The van der Waals surface area contributed by atoms with Gasteiger partial charge >= 0.3 is 6.09 Å². The summed E-state index contributed by atoms with van der Waals surface area (Å²) in [5.41, 5.74) is 0.684. The number of benzene rings is 1. The second-order valence-corrected chi connectivity index (χ2v) is 8.49. The van der Waals surface area contributed by atoms with Gasteiger partial charge in [0.05, 0.1) is 12.3 Å². The van der Waals surface area contributed by atoms with Crippen LogP contribution in [0.1, 0.15) is 71.1 Å². The molecular formula is C24H40N2O3. The topological polar surface area (TPSA) is 50.8 Å². The van der Waals surface area contributed by atoms with Gasteiger partial charge in [-0.05, 0) is 51.9 Å². The van der Waals surface area contributed by atoms with Gasteiger partial charge in [0.1, 0.15) is 11.9 Å². The first kappa shape index (κ1) is 23.5. The lowest BCUT2D eigenvalue weighted by Crippen LogP contribution is -2.37. The lowest BCUT2D eigenvalue weighted by Gasteiger charge is -2.32. The van der Waals surface area contributed by atoms with Crippen molar-refractivity contribution in [2.75, 3.05) is 32.6 Å². The molecule has 1 aromatic rings. The van der Waals surface area contributed by atoms with Crippen molar-refractivity contribution in [1.82, 2.24) is 4.90 Å². The molecule has 1 aliphatic rings. The van der Waals surface area contributed by atoms with E-state index in [0.717, 1.165) is 32.2 Å². The minimum absolute atomic E-state index is 0.0117. The van der Waals surface area contributed by atoms with Crippen molar-refractivity contribution in [3.63, 3.8) is 0 Å². The number of para-hydroxylation sites is 2. The summed E-state index contributed by atoms with van der Waals surface area (Å²) in [4.78, 5) is 14.7. The molecule has 0 bridgehead atoms. The first-order chi connectivity index (χ1) is 14.1. The van der Waals surface area contributed by atoms with Crippen molar-refractivity contribution in [3.05, 3.63) is 24.3 Å². The van der Waals surface area contributed by atoms with Gasteiger partial charge < -0.3 is 14.4 Å². The van der Waals surface area contributed by atoms with Crippen molar-refractivity contribution in [2.45, 2.75) is 77.2 Å². The summed E-state index contributed by atoms with van der Waals surface area (Å²) in [6, 6.07) is 7.61. The Hall–Kier alpha value is -1.75. The van der Waals surface area contributed by atoms with E-state index in [9.17, 15) is 4.79 Å². The van der Waals surface area contributed by atoms with Gasteiger partial charge in [0, 0.05) is 12.5 Å². The highest BCUT2D eigenvalue weighted by Crippen LogP contribution is 2.29. The second-order valence-electron chi connectivity index (χ2n) is 8.49. The van der Waals surface area contributed by atoms with Crippen LogP contribution in [0.5, 0.6) is 5.75 Å². The number of unbranched alkanes of at least 4 members (excludes halogenated alkanes) is 5. The third-order valence-electron chi connectivity index (χ3n) is 5.58. The fourth-order valence-corrected chi connectivity index (χ4v) is 4.04. The molecule has 1 aromatic carbocycles. The molecule has 0 radical (unpaired) electrons. The summed E-state index contributed by atoms with van der Waals surface area (Å²) >= 11 is 0. The number of hydrogen-bond acceptors (Lipinski definition) is 4. The number of nitrogens with one attached hydrogen (secondary N) is 1. The van der Waals surface area contributed by atoms with Crippen LogP contribution in [0.4, 0.5) is 10.5 Å². The molecular weight excluding hydrogens is 364 g/mol. The summed E-state index contributed by atoms with van der Waals surface area (Å²) in [5.74, 6) is 1.12. The zero-order valence-electron chi connectivity index (χ0n) is 18.6. The van der Waals surface area contributed by atoms with Crippen LogP contribution < -0.4 is 10.1 Å². The molecule has 0 heterocycles. The smallest absolute Gasteiger partial charge is 0.412 e. The standard InChI is InChI=1S/C24H40N2O3/c1-4-5-6-7-8-13-18-28-23-17-12-10-15-21(23)25-24(27)29-22-16-11-9-14-20(22)19-26(2)3/h10,12,15,17,20,22H,4-9,11,13-14,16,18-19H2,1-3H3,(H,25,27)/t20-,22-/m0/s1. The maximum Gasteiger partial charge on any atom is 0.412 e. The fourth-order valence-electron chi connectivity index (χ4n) is 4.04. The Morgan fingerprint density at radius 3 is 2.59 bits per heavy atom. The molecule has 2 atom stereocenters. The lowest BCUT2D eigenvalue weighted by atomic mass is 9.86. The van der Waals surface area contributed by atoms with Gasteiger partial charge in [-0.3, -0.25) is 5.32 Å². The monoisotopic (exact) mass is 404 g/mol. The summed E-state index contributed by atoms with van der Waals surface area (Å²) < 4.78 is 11.7. The zero-order chi connectivity index (χ0) is 20.9. The molecule has 1 N–H and O–H groups in total. The van der Waals surface area contributed by atoms with Gasteiger partial charge in [-0.25, -0.2) is 4.79 Å². The quantitative estimate of drug-likeness (QED) is 0.428. The minimum atomic E-state index is -0.378. The summed E-state index contributed by atoms with van der Waals surface area (Å²) in [7, 11) is 4.15. The molecule has 1 amide bonds. The van der Waals surface area contributed by atoms with E-state index in [0.29, 0.717) is 24.0 Å².